The molecule has 0 bridgehead atoms. The molecular weight excluding hydrogens is 880 g/mol. The van der Waals surface area contributed by atoms with Crippen molar-refractivity contribution in [3.05, 3.63) is 179 Å². The van der Waals surface area contributed by atoms with Crippen LogP contribution in [-0.4, -0.2) is 37.7 Å². The molecule has 63 heavy (non-hydrogen) atoms. The van der Waals surface area contributed by atoms with Gasteiger partial charge in [0.15, 0.2) is 5.88 Å². The number of anilines is 2. The Balaban J connectivity index is 0.00000595. The molecule has 6 aromatic rings. The molecule has 0 unspecified atom stereocenters. The topological polar surface area (TPSA) is 134 Å². The standard InChI is InChI=1S/C49H42N2O7S4.Na/c1-32-14-13-15-33(2)48(32)50(30-59-38-16-7-5-8-17-38)36-22-24-41-44(28-36)58-45-29-37(23-25-42(45)47(41)43-20-11-12-21-46(43)62(55,56)57)51(31-60-39-18-9-6-10-19-39)49-34(3)26-40(27-35(49)4)61(52,53)54;/h5-29H,30-31H2,1-4H3,(H-,52,53,54,55,56,57);/q;+1/p-1. The van der Waals surface area contributed by atoms with Gasteiger partial charge in [-0.1, -0.05) is 84.6 Å². The Morgan fingerprint density at radius 2 is 1.21 bits per heavy atom. The summed E-state index contributed by atoms with van der Waals surface area (Å²) in [7, 11) is -9.62. The van der Waals surface area contributed by atoms with Gasteiger partial charge in [0.05, 0.1) is 21.7 Å². The molecule has 8 rings (SSSR count). The van der Waals surface area contributed by atoms with Gasteiger partial charge in [-0.2, -0.15) is 4.58 Å². The Morgan fingerprint density at radius 1 is 0.603 bits per heavy atom. The number of hydrogen-bond donors (Lipinski definition) is 0. The van der Waals surface area contributed by atoms with Crippen LogP contribution in [0.15, 0.2) is 176 Å². The van der Waals surface area contributed by atoms with Gasteiger partial charge < -0.3 is 18.4 Å². The van der Waals surface area contributed by atoms with E-state index in [4.69, 9.17) is 4.42 Å². The average Bonchev–Trinajstić information content (AvgIpc) is 3.24. The third-order valence-corrected chi connectivity index (χ3v) is 14.4. The van der Waals surface area contributed by atoms with Gasteiger partial charge in [-0.25, -0.2) is 16.8 Å². The Morgan fingerprint density at radius 3 is 1.83 bits per heavy atom. The minimum absolute atomic E-state index is 0. The number of para-hydroxylation sites is 1. The number of benzene rings is 7. The molecule has 0 saturated heterocycles. The van der Waals surface area contributed by atoms with Crippen molar-refractivity contribution in [2.45, 2.75) is 47.3 Å². The van der Waals surface area contributed by atoms with E-state index >= 15 is 0 Å². The van der Waals surface area contributed by atoms with Gasteiger partial charge in [-0.15, -0.1) is 11.8 Å². The predicted molar refractivity (Wildman–Crippen MR) is 247 cm³/mol. The van der Waals surface area contributed by atoms with Gasteiger partial charge >= 0.3 is 29.6 Å². The normalized spacial score (nSPS) is 12.3. The number of thioether (sulfide) groups is 2. The summed E-state index contributed by atoms with van der Waals surface area (Å²) in [6.07, 6.45) is 0. The Labute approximate surface area is 398 Å². The summed E-state index contributed by atoms with van der Waals surface area (Å²) >= 11 is 3.27. The molecule has 0 amide bonds. The Hall–Kier alpha value is -4.67. The maximum atomic E-state index is 12.8. The molecule has 1 aliphatic carbocycles. The second-order valence-electron chi connectivity index (χ2n) is 14.9. The summed E-state index contributed by atoms with van der Waals surface area (Å²) in [6.45, 7) is 7.71. The van der Waals surface area contributed by atoms with E-state index in [1.54, 1.807) is 49.5 Å². The van der Waals surface area contributed by atoms with E-state index in [1.807, 2.05) is 95.6 Å². The van der Waals surface area contributed by atoms with E-state index in [0.29, 0.717) is 61.8 Å². The van der Waals surface area contributed by atoms with Crippen LogP contribution in [0.25, 0.3) is 33.4 Å². The van der Waals surface area contributed by atoms with Crippen molar-refractivity contribution >= 4 is 71.8 Å². The second-order valence-corrected chi connectivity index (χ2v) is 19.7. The van der Waals surface area contributed by atoms with Crippen LogP contribution in [0, 0.1) is 27.7 Å². The third kappa shape index (κ3) is 10.0. The average molecular weight is 921 g/mol. The number of aryl methyl sites for hydroxylation is 4. The fraction of sp³-hybridized carbons (Fsp3) is 0.122. The maximum Gasteiger partial charge on any atom is 1.00 e. The first-order chi connectivity index (χ1) is 29.7. The molecular formula is C49H41N2NaO7S4. The molecule has 0 aromatic heterocycles. The molecule has 0 fully saturated rings. The molecule has 6 aromatic carbocycles. The minimum atomic E-state index is -4.90. The van der Waals surface area contributed by atoms with Crippen molar-refractivity contribution in [3.63, 3.8) is 0 Å². The summed E-state index contributed by atoms with van der Waals surface area (Å²) < 4.78 is 83.8. The van der Waals surface area contributed by atoms with Gasteiger partial charge in [0.25, 0.3) is 0 Å². The zero-order valence-corrected chi connectivity index (χ0v) is 40.5. The van der Waals surface area contributed by atoms with Crippen molar-refractivity contribution in [3.8, 4) is 22.5 Å². The molecule has 314 valence electrons. The van der Waals surface area contributed by atoms with Crippen LogP contribution in [0.1, 0.15) is 22.3 Å². The van der Waals surface area contributed by atoms with Crippen LogP contribution in [0.3, 0.4) is 0 Å². The number of rotatable bonds is 12. The maximum absolute atomic E-state index is 12.8. The van der Waals surface area contributed by atoms with Crippen LogP contribution in [0.4, 0.5) is 17.1 Å². The molecule has 1 heterocycles. The predicted octanol–water partition coefficient (Wildman–Crippen LogP) is 7.99. The van der Waals surface area contributed by atoms with E-state index in [1.165, 1.54) is 24.3 Å². The summed E-state index contributed by atoms with van der Waals surface area (Å²) in [6, 6.07) is 46.7. The number of hydrogen-bond acceptors (Lipinski definition) is 10. The first-order valence-electron chi connectivity index (χ1n) is 19.6. The summed E-state index contributed by atoms with van der Waals surface area (Å²) in [5.74, 6) is 1.38. The Bertz CT molecular complexity index is 3210. The molecule has 9 nitrogen and oxygen atoms in total. The molecule has 14 heteroatoms. The minimum Gasteiger partial charge on any atom is -0.744 e. The van der Waals surface area contributed by atoms with E-state index < -0.39 is 20.2 Å². The van der Waals surface area contributed by atoms with E-state index in [2.05, 4.69) is 43.0 Å². The van der Waals surface area contributed by atoms with Crippen LogP contribution in [0.2, 0.25) is 0 Å². The van der Waals surface area contributed by atoms with Gasteiger partial charge in [-0.3, -0.25) is 0 Å². The molecule has 0 spiro atoms. The Kier molecular flexibility index (Phi) is 14.1. The summed E-state index contributed by atoms with van der Waals surface area (Å²) in [4.78, 5) is 3.70. The SMILES string of the molecule is Cc1cccc(C)c1N(CSc1ccccc1)c1ccc2c(-c3ccccc3S(=O)(=O)[O-])c3cc/c(=[N+](/CSc4ccccc4)c4c(C)cc(S(=O)(=O)[O-])cc4C)cc-3oc2c1.[Na+]. The van der Waals surface area contributed by atoms with Crippen molar-refractivity contribution < 1.29 is 59.9 Å². The van der Waals surface area contributed by atoms with E-state index in [-0.39, 0.29) is 44.9 Å². The first kappa shape index (κ1) is 46.3. The van der Waals surface area contributed by atoms with Crippen molar-refractivity contribution in [1.82, 2.24) is 4.58 Å². The van der Waals surface area contributed by atoms with Crippen LogP contribution in [0.5, 0.6) is 0 Å². The third-order valence-electron chi connectivity index (χ3n) is 10.7. The largest absolute Gasteiger partial charge is 1.00 e. The number of nitrogens with zero attached hydrogens (tertiary/aromatic N) is 2. The summed E-state index contributed by atoms with van der Waals surface area (Å²) in [5, 5.41) is 1.30. The zero-order valence-electron chi connectivity index (χ0n) is 35.2. The monoisotopic (exact) mass is 920 g/mol. The molecule has 1 aliphatic heterocycles. The molecule has 2 aliphatic rings. The quantitative estimate of drug-likeness (QED) is 0.0297. The van der Waals surface area contributed by atoms with Crippen molar-refractivity contribution in [2.75, 3.05) is 16.7 Å². The van der Waals surface area contributed by atoms with Gasteiger partial charge in [0.1, 0.15) is 31.6 Å². The molecule has 0 atom stereocenters. The van der Waals surface area contributed by atoms with Gasteiger partial charge in [0, 0.05) is 66.5 Å². The first-order valence-corrected chi connectivity index (χ1v) is 24.4. The second kappa shape index (κ2) is 19.2. The molecule has 0 N–H and O–H groups in total. The van der Waals surface area contributed by atoms with Crippen LogP contribution < -0.4 is 44.4 Å². The van der Waals surface area contributed by atoms with Crippen LogP contribution >= 0.6 is 23.5 Å². The summed E-state index contributed by atoms with van der Waals surface area (Å²) in [5.41, 5.74) is 7.77. The van der Waals surface area contributed by atoms with Crippen molar-refractivity contribution in [1.29, 1.82) is 0 Å². The van der Waals surface area contributed by atoms with E-state index in [0.717, 1.165) is 32.3 Å². The van der Waals surface area contributed by atoms with Crippen LogP contribution in [-0.2, 0) is 20.2 Å². The fourth-order valence-electron chi connectivity index (χ4n) is 7.95. The molecule has 0 saturated carbocycles. The fourth-order valence-corrected chi connectivity index (χ4v) is 11.1. The zero-order chi connectivity index (χ0) is 43.8. The van der Waals surface area contributed by atoms with Gasteiger partial charge in [-0.05, 0) is 99.5 Å². The molecule has 0 radical (unpaired) electrons. The van der Waals surface area contributed by atoms with Gasteiger partial charge in [0.2, 0.25) is 11.0 Å². The van der Waals surface area contributed by atoms with E-state index in [9.17, 15) is 25.9 Å². The smallest absolute Gasteiger partial charge is 0.744 e. The number of fused-ring (bicyclic) bond motifs is 2. The van der Waals surface area contributed by atoms with Crippen molar-refractivity contribution in [2.24, 2.45) is 0 Å².